The highest BCUT2D eigenvalue weighted by molar-refractivity contribution is 6.30. The van der Waals surface area contributed by atoms with Gasteiger partial charge in [-0.1, -0.05) is 11.6 Å². The van der Waals surface area contributed by atoms with Crippen molar-refractivity contribution in [3.8, 4) is 22.9 Å². The third kappa shape index (κ3) is 3.82. The van der Waals surface area contributed by atoms with E-state index in [1.165, 1.54) is 24.3 Å². The summed E-state index contributed by atoms with van der Waals surface area (Å²) in [7, 11) is 0. The predicted molar refractivity (Wildman–Crippen MR) is 80.2 cm³/mol. The predicted octanol–water partition coefficient (Wildman–Crippen LogP) is 6.09. The quantitative estimate of drug-likeness (QED) is 0.495. The van der Waals surface area contributed by atoms with Gasteiger partial charge in [0.1, 0.15) is 0 Å². The second-order valence-electron chi connectivity index (χ2n) is 5.21. The van der Waals surface area contributed by atoms with Crippen molar-refractivity contribution in [2.75, 3.05) is 0 Å². The summed E-state index contributed by atoms with van der Waals surface area (Å²) >= 11 is 5.74. The van der Waals surface area contributed by atoms with Crippen LogP contribution < -0.4 is 0 Å². The lowest BCUT2D eigenvalue weighted by Crippen LogP contribution is -2.11. The molecule has 0 radical (unpaired) electrons. The maximum Gasteiger partial charge on any atom is 0.416 e. The first-order chi connectivity index (χ1) is 12.0. The van der Waals surface area contributed by atoms with Gasteiger partial charge in [0.05, 0.1) is 11.1 Å². The molecule has 0 atom stereocenters. The highest BCUT2D eigenvalue weighted by Gasteiger charge is 2.37. The monoisotopic (exact) mass is 392 g/mol. The maximum atomic E-state index is 12.9. The molecule has 1 heterocycles. The molecule has 3 nitrogen and oxygen atoms in total. The molecule has 0 fully saturated rings. The Balaban J connectivity index is 2.07. The van der Waals surface area contributed by atoms with Crippen molar-refractivity contribution in [2.45, 2.75) is 12.4 Å². The fourth-order valence-corrected chi connectivity index (χ4v) is 2.25. The van der Waals surface area contributed by atoms with E-state index in [0.717, 1.165) is 0 Å². The molecule has 3 aromatic rings. The van der Waals surface area contributed by atoms with E-state index in [1.54, 1.807) is 0 Å². The minimum atomic E-state index is -4.96. The zero-order valence-corrected chi connectivity index (χ0v) is 13.2. The first-order valence-corrected chi connectivity index (χ1v) is 7.31. The Morgan fingerprint density at radius 2 is 1.15 bits per heavy atom. The Morgan fingerprint density at radius 1 is 0.692 bits per heavy atom. The zero-order valence-electron chi connectivity index (χ0n) is 12.5. The third-order valence-electron chi connectivity index (χ3n) is 3.35. The van der Waals surface area contributed by atoms with Gasteiger partial charge < -0.3 is 4.42 Å². The smallest absolute Gasteiger partial charge is 0.416 e. The fraction of sp³-hybridized carbons (Fsp3) is 0.125. The topological polar surface area (TPSA) is 38.9 Å². The number of nitrogens with zero attached hydrogens (tertiary/aromatic N) is 2. The normalized spacial score (nSPS) is 12.4. The molecule has 0 spiro atoms. The van der Waals surface area contributed by atoms with Crippen LogP contribution in [0, 0.1) is 0 Å². The minimum absolute atomic E-state index is 0.0278. The summed E-state index contributed by atoms with van der Waals surface area (Å²) in [5.74, 6) is -0.533. The second kappa shape index (κ2) is 6.31. The molecule has 0 aliphatic heterocycles. The maximum absolute atomic E-state index is 12.9. The zero-order chi connectivity index (χ0) is 19.1. The Hall–Kier alpha value is -2.55. The van der Waals surface area contributed by atoms with E-state index < -0.39 is 34.9 Å². The standard InChI is InChI=1S/C16H7ClF6N2O/c17-12-3-1-8(2-4-12)13-24-25-14(26-13)9-5-10(15(18,19)20)7-11(6-9)16(21,22)23/h1-7H. The minimum Gasteiger partial charge on any atom is -0.416 e. The molecule has 0 aliphatic carbocycles. The molecule has 0 saturated heterocycles. The summed E-state index contributed by atoms with van der Waals surface area (Å²) in [5, 5.41) is 7.63. The van der Waals surface area contributed by atoms with Crippen molar-refractivity contribution >= 4 is 11.6 Å². The van der Waals surface area contributed by atoms with Crippen LogP contribution in [-0.4, -0.2) is 10.2 Å². The van der Waals surface area contributed by atoms with E-state index in [1.807, 2.05) is 0 Å². The molecule has 2 aromatic carbocycles. The number of alkyl halides is 6. The lowest BCUT2D eigenvalue weighted by Gasteiger charge is -2.12. The van der Waals surface area contributed by atoms with Crippen LogP contribution in [0.1, 0.15) is 11.1 Å². The van der Waals surface area contributed by atoms with Gasteiger partial charge in [-0.15, -0.1) is 10.2 Å². The second-order valence-corrected chi connectivity index (χ2v) is 5.65. The van der Waals surface area contributed by atoms with Gasteiger partial charge in [0.15, 0.2) is 0 Å². The van der Waals surface area contributed by atoms with Crippen molar-refractivity contribution in [3.63, 3.8) is 0 Å². The Labute approximate surface area is 147 Å². The highest BCUT2D eigenvalue weighted by atomic mass is 35.5. The van der Waals surface area contributed by atoms with E-state index in [9.17, 15) is 26.3 Å². The van der Waals surface area contributed by atoms with Gasteiger partial charge in [-0.05, 0) is 42.5 Å². The van der Waals surface area contributed by atoms with Crippen molar-refractivity contribution < 1.29 is 30.8 Å². The lowest BCUT2D eigenvalue weighted by molar-refractivity contribution is -0.143. The molecular formula is C16H7ClF6N2O. The summed E-state index contributed by atoms with van der Waals surface area (Å²) in [6.07, 6.45) is -9.93. The number of hydrogen-bond acceptors (Lipinski definition) is 3. The first-order valence-electron chi connectivity index (χ1n) is 6.93. The lowest BCUT2D eigenvalue weighted by atomic mass is 10.0. The molecule has 1 aromatic heterocycles. The van der Waals surface area contributed by atoms with Gasteiger partial charge in [-0.2, -0.15) is 26.3 Å². The molecule has 0 bridgehead atoms. The number of rotatable bonds is 2. The molecule has 0 amide bonds. The van der Waals surface area contributed by atoms with Gasteiger partial charge in [-0.25, -0.2) is 0 Å². The van der Waals surface area contributed by atoms with Crippen molar-refractivity contribution in [1.29, 1.82) is 0 Å². The number of hydrogen-bond donors (Lipinski definition) is 0. The first kappa shape index (κ1) is 18.2. The van der Waals surface area contributed by atoms with Gasteiger partial charge in [-0.3, -0.25) is 0 Å². The van der Waals surface area contributed by atoms with Crippen LogP contribution >= 0.6 is 11.6 Å². The van der Waals surface area contributed by atoms with E-state index in [4.69, 9.17) is 16.0 Å². The van der Waals surface area contributed by atoms with Crippen LogP contribution in [0.3, 0.4) is 0 Å². The van der Waals surface area contributed by atoms with Gasteiger partial charge in [0.25, 0.3) is 0 Å². The molecule has 3 rings (SSSR count). The summed E-state index contributed by atoms with van der Waals surface area (Å²) in [4.78, 5) is 0. The fourth-order valence-electron chi connectivity index (χ4n) is 2.13. The molecular weight excluding hydrogens is 386 g/mol. The largest absolute Gasteiger partial charge is 0.416 e. The van der Waals surface area contributed by atoms with E-state index in [-0.39, 0.29) is 12.0 Å². The Kier molecular flexibility index (Phi) is 4.43. The third-order valence-corrected chi connectivity index (χ3v) is 3.60. The van der Waals surface area contributed by atoms with Gasteiger partial charge >= 0.3 is 12.4 Å². The van der Waals surface area contributed by atoms with Crippen molar-refractivity contribution in [1.82, 2.24) is 10.2 Å². The van der Waals surface area contributed by atoms with Crippen LogP contribution in [-0.2, 0) is 12.4 Å². The number of halogens is 7. The number of benzene rings is 2. The SMILES string of the molecule is FC(F)(F)c1cc(-c2nnc(-c3ccc(Cl)cc3)o2)cc(C(F)(F)F)c1. The van der Waals surface area contributed by atoms with Gasteiger partial charge in [0.2, 0.25) is 11.8 Å². The van der Waals surface area contributed by atoms with Gasteiger partial charge in [0, 0.05) is 16.1 Å². The summed E-state index contributed by atoms with van der Waals surface area (Å²) < 4.78 is 82.7. The van der Waals surface area contributed by atoms with Crippen LogP contribution in [0.5, 0.6) is 0 Å². The average Bonchev–Trinajstić information content (AvgIpc) is 3.03. The van der Waals surface area contributed by atoms with Crippen LogP contribution in [0.15, 0.2) is 46.9 Å². The molecule has 10 heteroatoms. The molecule has 0 unspecified atom stereocenters. The molecule has 0 saturated carbocycles. The summed E-state index contributed by atoms with van der Waals surface area (Å²) in [5.41, 5.74) is -3.00. The van der Waals surface area contributed by atoms with Crippen LogP contribution in [0.25, 0.3) is 22.9 Å². The van der Waals surface area contributed by atoms with E-state index in [0.29, 0.717) is 22.7 Å². The van der Waals surface area contributed by atoms with Crippen LogP contribution in [0.4, 0.5) is 26.3 Å². The molecule has 26 heavy (non-hydrogen) atoms. The highest BCUT2D eigenvalue weighted by Crippen LogP contribution is 2.38. The Bertz CT molecular complexity index is 899. The van der Waals surface area contributed by atoms with Crippen molar-refractivity contribution in [3.05, 3.63) is 58.6 Å². The van der Waals surface area contributed by atoms with E-state index >= 15 is 0 Å². The average molecular weight is 393 g/mol. The van der Waals surface area contributed by atoms with E-state index in [2.05, 4.69) is 10.2 Å². The van der Waals surface area contributed by atoms with Crippen LogP contribution in [0.2, 0.25) is 5.02 Å². The summed E-state index contributed by atoms with van der Waals surface area (Å²) in [6, 6.07) is 7.15. The molecule has 136 valence electrons. The number of aromatic nitrogens is 2. The summed E-state index contributed by atoms with van der Waals surface area (Å²) in [6.45, 7) is 0. The Morgan fingerprint density at radius 3 is 1.62 bits per heavy atom. The molecule has 0 N–H and O–H groups in total. The van der Waals surface area contributed by atoms with Crippen molar-refractivity contribution in [2.24, 2.45) is 0 Å². The molecule has 0 aliphatic rings.